The summed E-state index contributed by atoms with van der Waals surface area (Å²) in [5, 5.41) is 0. The second-order valence-corrected chi connectivity index (χ2v) is 4.17. The van der Waals surface area contributed by atoms with Crippen LogP contribution < -0.4 is 11.3 Å². The number of hydrogen-bond donors (Lipinski definition) is 2. The number of benzene rings is 1. The van der Waals surface area contributed by atoms with Gasteiger partial charge in [0.2, 0.25) is 0 Å². The Kier molecular flexibility index (Phi) is 5.86. The van der Waals surface area contributed by atoms with Crippen LogP contribution in [0.15, 0.2) is 28.7 Å². The van der Waals surface area contributed by atoms with Crippen molar-refractivity contribution in [2.24, 2.45) is 5.84 Å². The van der Waals surface area contributed by atoms with Crippen molar-refractivity contribution >= 4 is 15.9 Å². The first-order valence-electron chi connectivity index (χ1n) is 5.05. The number of halogens is 1. The third kappa shape index (κ3) is 4.30. The SMILES string of the molecule is CCOCC(Cc1ccccc1Br)NN. The molecule has 0 saturated heterocycles. The number of nitrogens with two attached hydrogens (primary N) is 1. The third-order valence-electron chi connectivity index (χ3n) is 2.18. The Balaban J connectivity index is 2.54. The zero-order chi connectivity index (χ0) is 11.1. The van der Waals surface area contributed by atoms with E-state index in [1.807, 2.05) is 25.1 Å². The van der Waals surface area contributed by atoms with Crippen molar-refractivity contribution in [2.75, 3.05) is 13.2 Å². The van der Waals surface area contributed by atoms with E-state index in [1.165, 1.54) is 5.56 Å². The van der Waals surface area contributed by atoms with Gasteiger partial charge in [-0.15, -0.1) is 0 Å². The molecule has 0 amide bonds. The summed E-state index contributed by atoms with van der Waals surface area (Å²) in [6, 6.07) is 8.29. The van der Waals surface area contributed by atoms with Crippen molar-refractivity contribution in [3.63, 3.8) is 0 Å². The Morgan fingerprint density at radius 1 is 1.47 bits per heavy atom. The van der Waals surface area contributed by atoms with E-state index in [0.717, 1.165) is 10.9 Å². The molecule has 15 heavy (non-hydrogen) atoms. The van der Waals surface area contributed by atoms with Crippen LogP contribution in [0, 0.1) is 0 Å². The minimum absolute atomic E-state index is 0.156. The smallest absolute Gasteiger partial charge is 0.0636 e. The van der Waals surface area contributed by atoms with Gasteiger partial charge < -0.3 is 4.74 Å². The van der Waals surface area contributed by atoms with E-state index in [9.17, 15) is 0 Å². The highest BCUT2D eigenvalue weighted by molar-refractivity contribution is 9.10. The Morgan fingerprint density at radius 3 is 2.80 bits per heavy atom. The monoisotopic (exact) mass is 272 g/mol. The summed E-state index contributed by atoms with van der Waals surface area (Å²) in [4.78, 5) is 0. The normalized spacial score (nSPS) is 12.7. The molecule has 0 fully saturated rings. The highest BCUT2D eigenvalue weighted by Crippen LogP contribution is 2.17. The highest BCUT2D eigenvalue weighted by atomic mass is 79.9. The molecule has 0 spiro atoms. The molecular formula is C11H17BrN2O. The lowest BCUT2D eigenvalue weighted by atomic mass is 10.1. The van der Waals surface area contributed by atoms with Gasteiger partial charge >= 0.3 is 0 Å². The topological polar surface area (TPSA) is 47.3 Å². The molecule has 1 rings (SSSR count). The molecule has 4 heteroatoms. The van der Waals surface area contributed by atoms with Crippen molar-refractivity contribution in [3.05, 3.63) is 34.3 Å². The average Bonchev–Trinajstić information content (AvgIpc) is 2.26. The summed E-state index contributed by atoms with van der Waals surface area (Å²) >= 11 is 3.51. The number of rotatable bonds is 6. The molecule has 0 aliphatic heterocycles. The van der Waals surface area contributed by atoms with Crippen molar-refractivity contribution in [1.29, 1.82) is 0 Å². The van der Waals surface area contributed by atoms with E-state index in [4.69, 9.17) is 10.6 Å². The van der Waals surface area contributed by atoms with Crippen LogP contribution in [0.3, 0.4) is 0 Å². The summed E-state index contributed by atoms with van der Waals surface area (Å²) in [6.07, 6.45) is 0.859. The maximum Gasteiger partial charge on any atom is 0.0636 e. The highest BCUT2D eigenvalue weighted by Gasteiger charge is 2.09. The van der Waals surface area contributed by atoms with E-state index in [1.54, 1.807) is 0 Å². The first-order valence-corrected chi connectivity index (χ1v) is 5.84. The van der Waals surface area contributed by atoms with Crippen LogP contribution in [0.25, 0.3) is 0 Å². The van der Waals surface area contributed by atoms with Crippen LogP contribution in [0.4, 0.5) is 0 Å². The van der Waals surface area contributed by atoms with Gasteiger partial charge in [-0.1, -0.05) is 34.1 Å². The third-order valence-corrected chi connectivity index (χ3v) is 2.96. The first-order chi connectivity index (χ1) is 7.27. The fourth-order valence-corrected chi connectivity index (χ4v) is 1.80. The Bertz CT molecular complexity index is 294. The Labute approximate surface area is 99.1 Å². The molecule has 0 aromatic heterocycles. The molecule has 3 N–H and O–H groups in total. The second-order valence-electron chi connectivity index (χ2n) is 3.32. The quantitative estimate of drug-likeness (QED) is 0.614. The van der Waals surface area contributed by atoms with E-state index < -0.39 is 0 Å². The predicted molar refractivity (Wildman–Crippen MR) is 65.5 cm³/mol. The largest absolute Gasteiger partial charge is 0.380 e. The lowest BCUT2D eigenvalue weighted by molar-refractivity contribution is 0.123. The molecule has 1 atom stereocenters. The lowest BCUT2D eigenvalue weighted by Crippen LogP contribution is -2.40. The lowest BCUT2D eigenvalue weighted by Gasteiger charge is -2.16. The number of hydrogen-bond acceptors (Lipinski definition) is 3. The van der Waals surface area contributed by atoms with Gasteiger partial charge in [0, 0.05) is 17.1 Å². The fourth-order valence-electron chi connectivity index (χ4n) is 1.36. The standard InChI is InChI=1S/C11H17BrN2O/c1-2-15-8-10(14-13)7-9-5-3-4-6-11(9)12/h3-6,10,14H,2,7-8,13H2,1H3. The van der Waals surface area contributed by atoms with E-state index in [2.05, 4.69) is 27.4 Å². The van der Waals surface area contributed by atoms with Crippen LogP contribution >= 0.6 is 15.9 Å². The van der Waals surface area contributed by atoms with Crippen LogP contribution in [0.2, 0.25) is 0 Å². The van der Waals surface area contributed by atoms with Gasteiger partial charge in [-0.2, -0.15) is 0 Å². The van der Waals surface area contributed by atoms with Crippen LogP contribution in [0.5, 0.6) is 0 Å². The zero-order valence-electron chi connectivity index (χ0n) is 8.87. The Hall–Kier alpha value is -0.420. The van der Waals surface area contributed by atoms with Gasteiger partial charge in [-0.05, 0) is 25.0 Å². The molecule has 1 unspecified atom stereocenters. The average molecular weight is 273 g/mol. The number of ether oxygens (including phenoxy) is 1. The molecule has 0 bridgehead atoms. The van der Waals surface area contributed by atoms with Crippen molar-refractivity contribution in [3.8, 4) is 0 Å². The van der Waals surface area contributed by atoms with Crippen molar-refractivity contribution in [2.45, 2.75) is 19.4 Å². The predicted octanol–water partition coefficient (Wildman–Crippen LogP) is 1.86. The van der Waals surface area contributed by atoms with E-state index >= 15 is 0 Å². The van der Waals surface area contributed by atoms with E-state index in [0.29, 0.717) is 13.2 Å². The first kappa shape index (κ1) is 12.6. The van der Waals surface area contributed by atoms with Gasteiger partial charge in [-0.3, -0.25) is 11.3 Å². The van der Waals surface area contributed by atoms with Gasteiger partial charge in [0.05, 0.1) is 6.61 Å². The minimum atomic E-state index is 0.156. The van der Waals surface area contributed by atoms with Crippen LogP contribution in [-0.2, 0) is 11.2 Å². The van der Waals surface area contributed by atoms with Gasteiger partial charge in [-0.25, -0.2) is 0 Å². The second kappa shape index (κ2) is 6.95. The molecule has 0 radical (unpaired) electrons. The molecular weight excluding hydrogens is 256 g/mol. The summed E-state index contributed by atoms with van der Waals surface area (Å²) in [5.41, 5.74) is 4.00. The van der Waals surface area contributed by atoms with Gasteiger partial charge in [0.25, 0.3) is 0 Å². The van der Waals surface area contributed by atoms with Crippen molar-refractivity contribution in [1.82, 2.24) is 5.43 Å². The summed E-state index contributed by atoms with van der Waals surface area (Å²) < 4.78 is 6.45. The maximum atomic E-state index is 5.47. The van der Waals surface area contributed by atoms with E-state index in [-0.39, 0.29) is 6.04 Å². The number of hydrazine groups is 1. The van der Waals surface area contributed by atoms with Crippen molar-refractivity contribution < 1.29 is 4.74 Å². The summed E-state index contributed by atoms with van der Waals surface area (Å²) in [7, 11) is 0. The molecule has 1 aromatic rings. The van der Waals surface area contributed by atoms with Crippen LogP contribution in [0.1, 0.15) is 12.5 Å². The summed E-state index contributed by atoms with van der Waals surface area (Å²) in [5.74, 6) is 5.47. The van der Waals surface area contributed by atoms with Gasteiger partial charge in [0.15, 0.2) is 0 Å². The molecule has 3 nitrogen and oxygen atoms in total. The molecule has 84 valence electrons. The molecule has 0 aliphatic rings. The molecule has 0 saturated carbocycles. The minimum Gasteiger partial charge on any atom is -0.380 e. The fraction of sp³-hybridized carbons (Fsp3) is 0.455. The number of nitrogens with one attached hydrogen (secondary N) is 1. The zero-order valence-corrected chi connectivity index (χ0v) is 10.5. The maximum absolute atomic E-state index is 5.47. The Morgan fingerprint density at radius 2 is 2.20 bits per heavy atom. The summed E-state index contributed by atoms with van der Waals surface area (Å²) in [6.45, 7) is 3.33. The molecule has 1 aromatic carbocycles. The molecule has 0 aliphatic carbocycles. The molecule has 0 heterocycles. The van der Waals surface area contributed by atoms with Crippen LogP contribution in [-0.4, -0.2) is 19.3 Å². The van der Waals surface area contributed by atoms with Gasteiger partial charge in [0.1, 0.15) is 0 Å².